The molecule has 0 radical (unpaired) electrons. The average molecular weight is 476 g/mol. The summed E-state index contributed by atoms with van der Waals surface area (Å²) in [4.78, 5) is 45.3. The second kappa shape index (κ2) is 12.8. The maximum atomic E-state index is 12.8. The third-order valence-corrected chi connectivity index (χ3v) is 4.89. The second-order valence-corrected chi connectivity index (χ2v) is 8.31. The maximum absolute atomic E-state index is 12.8. The van der Waals surface area contributed by atoms with Crippen molar-refractivity contribution in [1.29, 1.82) is 0 Å². The molecule has 2 atom stereocenters. The van der Waals surface area contributed by atoms with Gasteiger partial charge in [0.2, 0.25) is 5.89 Å². The molecule has 2 rings (SSSR count). The highest BCUT2D eigenvalue weighted by molar-refractivity contribution is 5.96. The number of hydrogen-bond donors (Lipinski definition) is 6. The van der Waals surface area contributed by atoms with Crippen LogP contribution in [0.15, 0.2) is 28.8 Å². The summed E-state index contributed by atoms with van der Waals surface area (Å²) >= 11 is 0. The minimum absolute atomic E-state index is 0.0378. The predicted molar refractivity (Wildman–Crippen MR) is 123 cm³/mol. The highest BCUT2D eigenvalue weighted by Crippen LogP contribution is 2.23. The van der Waals surface area contributed by atoms with E-state index in [-0.39, 0.29) is 35.4 Å². The standard InChI is InChI=1S/C22H33N7O5/c1-12(2)11-16(28-18(30)14-7-4-5-9-25-14)20-29-17(13(3)34-20)19(31)27-15(21(32)33)8-6-10-26-22(23)24/h4-5,7,9,12,15-16,22,26H,6,8,10-11,23-24H2,1-3H3,(H,27,31)(H,28,30)(H,32,33). The van der Waals surface area contributed by atoms with Crippen molar-refractivity contribution in [1.82, 2.24) is 25.9 Å². The van der Waals surface area contributed by atoms with E-state index in [4.69, 9.17) is 15.9 Å². The number of aryl methyl sites for hydroxylation is 1. The maximum Gasteiger partial charge on any atom is 0.326 e. The Morgan fingerprint density at radius 1 is 1.15 bits per heavy atom. The van der Waals surface area contributed by atoms with Crippen LogP contribution in [-0.4, -0.2) is 51.7 Å². The SMILES string of the molecule is Cc1oc(C(CC(C)C)NC(=O)c2ccccn2)nc1C(=O)NC(CCCNC(N)N)C(=O)O. The van der Waals surface area contributed by atoms with Gasteiger partial charge in [0.1, 0.15) is 29.8 Å². The largest absolute Gasteiger partial charge is 0.480 e. The molecule has 2 amide bonds. The van der Waals surface area contributed by atoms with Gasteiger partial charge in [-0.1, -0.05) is 19.9 Å². The number of nitrogens with one attached hydrogen (secondary N) is 3. The minimum atomic E-state index is -1.17. The first-order chi connectivity index (χ1) is 16.1. The van der Waals surface area contributed by atoms with Gasteiger partial charge in [0.25, 0.3) is 11.8 Å². The lowest BCUT2D eigenvalue weighted by Crippen LogP contribution is -2.46. The third-order valence-electron chi connectivity index (χ3n) is 4.89. The number of nitrogens with zero attached hydrogens (tertiary/aromatic N) is 2. The van der Waals surface area contributed by atoms with E-state index in [0.29, 0.717) is 19.4 Å². The zero-order chi connectivity index (χ0) is 25.3. The highest BCUT2D eigenvalue weighted by Gasteiger charge is 2.28. The van der Waals surface area contributed by atoms with Gasteiger partial charge in [0, 0.05) is 6.20 Å². The molecule has 34 heavy (non-hydrogen) atoms. The van der Waals surface area contributed by atoms with E-state index in [9.17, 15) is 19.5 Å². The number of rotatable bonds is 13. The van der Waals surface area contributed by atoms with Gasteiger partial charge in [-0.25, -0.2) is 9.78 Å². The number of hydrogen-bond acceptors (Lipinski definition) is 9. The number of amides is 2. The Morgan fingerprint density at radius 2 is 1.88 bits per heavy atom. The summed E-state index contributed by atoms with van der Waals surface area (Å²) in [6.07, 6.45) is 1.92. The number of nitrogens with two attached hydrogens (primary N) is 2. The molecule has 8 N–H and O–H groups in total. The molecular weight excluding hydrogens is 442 g/mol. The van der Waals surface area contributed by atoms with Crippen LogP contribution in [0.25, 0.3) is 0 Å². The number of carboxylic acids is 1. The monoisotopic (exact) mass is 475 g/mol. The topological polar surface area (TPSA) is 198 Å². The van der Waals surface area contributed by atoms with Crippen molar-refractivity contribution in [2.45, 2.75) is 58.4 Å². The third kappa shape index (κ3) is 8.21. The molecule has 0 aromatic carbocycles. The van der Waals surface area contributed by atoms with Crippen LogP contribution in [0.4, 0.5) is 0 Å². The highest BCUT2D eigenvalue weighted by atomic mass is 16.4. The van der Waals surface area contributed by atoms with E-state index < -0.39 is 36.2 Å². The van der Waals surface area contributed by atoms with E-state index >= 15 is 0 Å². The van der Waals surface area contributed by atoms with Crippen molar-refractivity contribution in [2.24, 2.45) is 17.4 Å². The van der Waals surface area contributed by atoms with Gasteiger partial charge in [-0.2, -0.15) is 0 Å². The molecule has 0 saturated carbocycles. The molecule has 2 aromatic heterocycles. The Balaban J connectivity index is 2.13. The molecular formula is C22H33N7O5. The molecule has 2 heterocycles. The van der Waals surface area contributed by atoms with Gasteiger partial charge in [0.15, 0.2) is 5.69 Å². The number of oxazole rings is 1. The molecule has 2 aromatic rings. The van der Waals surface area contributed by atoms with Crippen molar-refractivity contribution < 1.29 is 23.9 Å². The Hall–Kier alpha value is -3.35. The van der Waals surface area contributed by atoms with Crippen molar-refractivity contribution in [3.63, 3.8) is 0 Å². The Kier molecular flexibility index (Phi) is 10.1. The van der Waals surface area contributed by atoms with Crippen molar-refractivity contribution in [2.75, 3.05) is 6.54 Å². The quantitative estimate of drug-likeness (QED) is 0.176. The van der Waals surface area contributed by atoms with Crippen molar-refractivity contribution in [3.8, 4) is 0 Å². The zero-order valence-electron chi connectivity index (χ0n) is 19.6. The van der Waals surface area contributed by atoms with Crippen LogP contribution in [0, 0.1) is 12.8 Å². The first kappa shape index (κ1) is 26.9. The Labute approximate surface area is 197 Å². The number of carbonyl (C=O) groups is 3. The van der Waals surface area contributed by atoms with Crippen LogP contribution < -0.4 is 27.4 Å². The van der Waals surface area contributed by atoms with E-state index in [0.717, 1.165) is 0 Å². The average Bonchev–Trinajstić information content (AvgIpc) is 3.17. The fourth-order valence-corrected chi connectivity index (χ4v) is 3.26. The normalized spacial score (nSPS) is 13.0. The van der Waals surface area contributed by atoms with E-state index in [2.05, 4.69) is 25.9 Å². The van der Waals surface area contributed by atoms with Crippen LogP contribution >= 0.6 is 0 Å². The zero-order valence-corrected chi connectivity index (χ0v) is 19.6. The summed E-state index contributed by atoms with van der Waals surface area (Å²) < 4.78 is 5.71. The molecule has 2 unspecified atom stereocenters. The number of carbonyl (C=O) groups excluding carboxylic acids is 2. The molecule has 0 spiro atoms. The van der Waals surface area contributed by atoms with Crippen molar-refractivity contribution >= 4 is 17.8 Å². The van der Waals surface area contributed by atoms with Crippen LogP contribution in [0.3, 0.4) is 0 Å². The minimum Gasteiger partial charge on any atom is -0.480 e. The predicted octanol–water partition coefficient (Wildman–Crippen LogP) is 0.649. The summed E-state index contributed by atoms with van der Waals surface area (Å²) in [6, 6.07) is 3.27. The summed E-state index contributed by atoms with van der Waals surface area (Å²) in [7, 11) is 0. The van der Waals surface area contributed by atoms with Crippen LogP contribution in [-0.2, 0) is 4.79 Å². The summed E-state index contributed by atoms with van der Waals surface area (Å²) in [6.45, 7) is 5.92. The molecule has 0 bridgehead atoms. The molecule has 0 aliphatic rings. The lowest BCUT2D eigenvalue weighted by Gasteiger charge is -2.17. The molecule has 0 saturated heterocycles. The lowest BCUT2D eigenvalue weighted by molar-refractivity contribution is -0.139. The first-order valence-electron chi connectivity index (χ1n) is 11.1. The van der Waals surface area contributed by atoms with E-state index in [1.165, 1.54) is 6.20 Å². The van der Waals surface area contributed by atoms with E-state index in [1.807, 2.05) is 13.8 Å². The van der Waals surface area contributed by atoms with Gasteiger partial charge in [-0.15, -0.1) is 0 Å². The smallest absolute Gasteiger partial charge is 0.326 e. The number of aromatic nitrogens is 2. The van der Waals surface area contributed by atoms with Gasteiger partial charge in [-0.05, 0) is 50.8 Å². The first-order valence-corrected chi connectivity index (χ1v) is 11.1. The molecule has 0 aliphatic carbocycles. The Morgan fingerprint density at radius 3 is 2.47 bits per heavy atom. The van der Waals surface area contributed by atoms with E-state index in [1.54, 1.807) is 25.1 Å². The fraction of sp³-hybridized carbons (Fsp3) is 0.500. The molecule has 0 aliphatic heterocycles. The van der Waals surface area contributed by atoms with Crippen LogP contribution in [0.2, 0.25) is 0 Å². The summed E-state index contributed by atoms with van der Waals surface area (Å²) in [5.74, 6) is -1.69. The summed E-state index contributed by atoms with van der Waals surface area (Å²) in [5.41, 5.74) is 11.0. The second-order valence-electron chi connectivity index (χ2n) is 8.31. The van der Waals surface area contributed by atoms with Crippen LogP contribution in [0.1, 0.15) is 71.8 Å². The van der Waals surface area contributed by atoms with Gasteiger partial charge >= 0.3 is 5.97 Å². The molecule has 0 fully saturated rings. The number of aliphatic carboxylic acids is 1. The summed E-state index contributed by atoms with van der Waals surface area (Å²) in [5, 5.41) is 17.6. The Bertz CT molecular complexity index is 962. The van der Waals surface area contributed by atoms with Crippen molar-refractivity contribution in [3.05, 3.63) is 47.4 Å². The lowest BCUT2D eigenvalue weighted by atomic mass is 10.0. The van der Waals surface area contributed by atoms with Gasteiger partial charge in [-0.3, -0.25) is 19.9 Å². The number of carboxylic acid groups (broad SMARTS) is 1. The van der Waals surface area contributed by atoms with Crippen LogP contribution in [0.5, 0.6) is 0 Å². The van der Waals surface area contributed by atoms with Gasteiger partial charge < -0.3 is 31.6 Å². The number of pyridine rings is 1. The molecule has 186 valence electrons. The van der Waals surface area contributed by atoms with Gasteiger partial charge in [0.05, 0.1) is 0 Å². The molecule has 12 nitrogen and oxygen atoms in total. The fourth-order valence-electron chi connectivity index (χ4n) is 3.26. The molecule has 12 heteroatoms.